The van der Waals surface area contributed by atoms with Crippen LogP contribution in [0.5, 0.6) is 0 Å². The molecule has 4 aromatic rings. The minimum atomic E-state index is -0.290. The predicted molar refractivity (Wildman–Crippen MR) is 85.3 cm³/mol. The Labute approximate surface area is 130 Å². The van der Waals surface area contributed by atoms with Crippen LogP contribution in [-0.4, -0.2) is 19.2 Å². The van der Waals surface area contributed by atoms with E-state index in [1.807, 2.05) is 54.6 Å². The van der Waals surface area contributed by atoms with Crippen molar-refractivity contribution in [2.45, 2.75) is 6.54 Å². The summed E-state index contributed by atoms with van der Waals surface area (Å²) in [7, 11) is 0. The summed E-state index contributed by atoms with van der Waals surface area (Å²) >= 11 is 6.16. The zero-order valence-corrected chi connectivity index (χ0v) is 12.2. The molecule has 4 rings (SSSR count). The largest absolute Gasteiger partial charge is 0.353 e. The lowest BCUT2D eigenvalue weighted by Gasteiger charge is -1.99. The Hall–Kier alpha value is -2.66. The second kappa shape index (κ2) is 4.96. The van der Waals surface area contributed by atoms with Crippen molar-refractivity contribution in [2.75, 3.05) is 0 Å². The van der Waals surface area contributed by atoms with Gasteiger partial charge in [0.2, 0.25) is 5.28 Å². The predicted octanol–water partition coefficient (Wildman–Crippen LogP) is 2.75. The third kappa shape index (κ3) is 1.98. The molecule has 6 heteroatoms. The highest BCUT2D eigenvalue weighted by Gasteiger charge is 2.14. The second-order valence-electron chi connectivity index (χ2n) is 4.98. The molecule has 0 saturated carbocycles. The van der Waals surface area contributed by atoms with Crippen LogP contribution >= 0.6 is 11.6 Å². The first kappa shape index (κ1) is 13.0. The van der Waals surface area contributed by atoms with Gasteiger partial charge < -0.3 is 0 Å². The molecule has 0 radical (unpaired) electrons. The molecule has 0 bridgehead atoms. The lowest BCUT2D eigenvalue weighted by molar-refractivity contribution is 0.658. The van der Waals surface area contributed by atoms with Gasteiger partial charge in [0.05, 0.1) is 12.1 Å². The molecule has 0 aliphatic carbocycles. The average Bonchev–Trinajstić information content (AvgIpc) is 2.86. The summed E-state index contributed by atoms with van der Waals surface area (Å²) in [5, 5.41) is 5.36. The Balaban J connectivity index is 1.98. The molecule has 0 saturated heterocycles. The van der Waals surface area contributed by atoms with E-state index in [4.69, 9.17) is 11.6 Å². The Bertz CT molecular complexity index is 1040. The number of hydrogen-bond acceptors (Lipinski definition) is 3. The molecule has 0 amide bonds. The Kier molecular flexibility index (Phi) is 2.94. The summed E-state index contributed by atoms with van der Waals surface area (Å²) < 4.78 is 2.75. The fourth-order valence-corrected chi connectivity index (χ4v) is 2.76. The minimum absolute atomic E-state index is 0.123. The lowest BCUT2D eigenvalue weighted by Crippen LogP contribution is -2.22. The maximum Gasteiger partial charge on any atom is 0.353 e. The van der Waals surface area contributed by atoms with E-state index in [0.717, 1.165) is 16.5 Å². The molecule has 108 valence electrons. The topological polar surface area (TPSA) is 52.2 Å². The number of halogens is 1. The fraction of sp³-hybridized carbons (Fsp3) is 0.0625. The Morgan fingerprint density at radius 3 is 2.55 bits per heavy atom. The van der Waals surface area contributed by atoms with E-state index in [9.17, 15) is 4.79 Å². The number of nitrogens with zero attached hydrogens (tertiary/aromatic N) is 4. The number of para-hydroxylation sites is 1. The Morgan fingerprint density at radius 2 is 1.73 bits per heavy atom. The van der Waals surface area contributed by atoms with Crippen molar-refractivity contribution < 1.29 is 0 Å². The van der Waals surface area contributed by atoms with Crippen LogP contribution < -0.4 is 5.69 Å². The van der Waals surface area contributed by atoms with Crippen LogP contribution in [0, 0.1) is 0 Å². The lowest BCUT2D eigenvalue weighted by atomic mass is 10.2. The van der Waals surface area contributed by atoms with Gasteiger partial charge in [-0.05, 0) is 29.3 Å². The second-order valence-corrected chi connectivity index (χ2v) is 5.32. The summed E-state index contributed by atoms with van der Waals surface area (Å²) in [6, 6.07) is 17.2. The van der Waals surface area contributed by atoms with E-state index >= 15 is 0 Å². The van der Waals surface area contributed by atoms with Crippen molar-refractivity contribution in [3.63, 3.8) is 0 Å². The molecular formula is C16H11ClN4O. The molecule has 0 unspecified atom stereocenters. The first-order valence-electron chi connectivity index (χ1n) is 6.82. The first-order chi connectivity index (χ1) is 10.7. The molecule has 0 N–H and O–H groups in total. The van der Waals surface area contributed by atoms with Gasteiger partial charge in [-0.1, -0.05) is 42.5 Å². The number of fused-ring (bicyclic) bond motifs is 3. The summed E-state index contributed by atoms with van der Waals surface area (Å²) in [5.74, 6) is 0. The highest BCUT2D eigenvalue weighted by Crippen LogP contribution is 2.19. The third-order valence-electron chi connectivity index (χ3n) is 3.56. The molecule has 5 nitrogen and oxygen atoms in total. The van der Waals surface area contributed by atoms with Crippen molar-refractivity contribution in [1.82, 2.24) is 19.2 Å². The van der Waals surface area contributed by atoms with Crippen LogP contribution in [0.3, 0.4) is 0 Å². The van der Waals surface area contributed by atoms with Gasteiger partial charge in [-0.2, -0.15) is 0 Å². The van der Waals surface area contributed by atoms with Crippen molar-refractivity contribution in [3.8, 4) is 0 Å². The van der Waals surface area contributed by atoms with Crippen LogP contribution in [-0.2, 0) is 6.54 Å². The van der Waals surface area contributed by atoms with Gasteiger partial charge >= 0.3 is 5.69 Å². The zero-order chi connectivity index (χ0) is 15.1. The number of hydrogen-bond donors (Lipinski definition) is 0. The summed E-state index contributed by atoms with van der Waals surface area (Å²) in [5.41, 5.74) is 1.96. The van der Waals surface area contributed by atoms with Crippen LogP contribution in [0.2, 0.25) is 5.28 Å². The smallest absolute Gasteiger partial charge is 0.245 e. The van der Waals surface area contributed by atoms with Crippen LogP contribution in [0.1, 0.15) is 5.56 Å². The van der Waals surface area contributed by atoms with Gasteiger partial charge in [-0.15, -0.1) is 5.10 Å². The van der Waals surface area contributed by atoms with Gasteiger partial charge in [-0.3, -0.25) is 0 Å². The molecular weight excluding hydrogens is 300 g/mol. The van der Waals surface area contributed by atoms with E-state index in [0.29, 0.717) is 12.2 Å². The number of aromatic nitrogens is 4. The van der Waals surface area contributed by atoms with Gasteiger partial charge in [0.1, 0.15) is 0 Å². The van der Waals surface area contributed by atoms with E-state index < -0.39 is 0 Å². The van der Waals surface area contributed by atoms with Crippen LogP contribution in [0.25, 0.3) is 16.6 Å². The first-order valence-corrected chi connectivity index (χ1v) is 7.19. The average molecular weight is 311 g/mol. The van der Waals surface area contributed by atoms with Crippen molar-refractivity contribution >= 4 is 28.2 Å². The molecule has 0 aliphatic heterocycles. The van der Waals surface area contributed by atoms with Crippen molar-refractivity contribution in [3.05, 3.63) is 75.9 Å². The number of rotatable bonds is 2. The summed E-state index contributed by atoms with van der Waals surface area (Å²) in [6.07, 6.45) is 0. The SMILES string of the molecule is O=c1n(Cc2ccccc2)nc2c3ccccc3nc(Cl)n12. The summed E-state index contributed by atoms with van der Waals surface area (Å²) in [6.45, 7) is 0.395. The van der Waals surface area contributed by atoms with E-state index in [-0.39, 0.29) is 11.0 Å². The van der Waals surface area contributed by atoms with Crippen LogP contribution in [0.15, 0.2) is 59.4 Å². The summed E-state index contributed by atoms with van der Waals surface area (Å²) in [4.78, 5) is 16.8. The fourth-order valence-electron chi connectivity index (χ4n) is 2.52. The minimum Gasteiger partial charge on any atom is -0.245 e. The van der Waals surface area contributed by atoms with E-state index in [1.54, 1.807) is 0 Å². The van der Waals surface area contributed by atoms with E-state index in [1.165, 1.54) is 9.08 Å². The Morgan fingerprint density at radius 1 is 1.00 bits per heavy atom. The van der Waals surface area contributed by atoms with Crippen LogP contribution in [0.4, 0.5) is 0 Å². The number of benzene rings is 2. The molecule has 2 aromatic carbocycles. The maximum absolute atomic E-state index is 12.5. The van der Waals surface area contributed by atoms with Gasteiger partial charge in [0, 0.05) is 5.39 Å². The quantitative estimate of drug-likeness (QED) is 0.535. The third-order valence-corrected chi connectivity index (χ3v) is 3.81. The highest BCUT2D eigenvalue weighted by atomic mass is 35.5. The normalized spacial score (nSPS) is 11.3. The van der Waals surface area contributed by atoms with E-state index in [2.05, 4.69) is 10.1 Å². The van der Waals surface area contributed by atoms with Crippen molar-refractivity contribution in [1.29, 1.82) is 0 Å². The van der Waals surface area contributed by atoms with Crippen molar-refractivity contribution in [2.24, 2.45) is 0 Å². The van der Waals surface area contributed by atoms with Gasteiger partial charge in [0.15, 0.2) is 5.65 Å². The molecule has 0 aliphatic rings. The highest BCUT2D eigenvalue weighted by molar-refractivity contribution is 6.29. The molecule has 0 fully saturated rings. The standard InChI is InChI=1S/C16H11ClN4O/c17-15-18-13-9-5-4-8-12(13)14-19-20(16(22)21(14)15)10-11-6-2-1-3-7-11/h1-9H,10H2. The van der Waals surface area contributed by atoms with Gasteiger partial charge in [0.25, 0.3) is 0 Å². The zero-order valence-electron chi connectivity index (χ0n) is 11.5. The maximum atomic E-state index is 12.5. The monoisotopic (exact) mass is 310 g/mol. The molecule has 22 heavy (non-hydrogen) atoms. The molecule has 0 spiro atoms. The van der Waals surface area contributed by atoms with Gasteiger partial charge in [-0.25, -0.2) is 18.9 Å². The molecule has 0 atom stereocenters. The molecule has 2 heterocycles. The molecule has 2 aromatic heterocycles.